The van der Waals surface area contributed by atoms with E-state index in [0.29, 0.717) is 0 Å². The lowest BCUT2D eigenvalue weighted by molar-refractivity contribution is 0.688. The minimum absolute atomic E-state index is 0.189. The first-order chi connectivity index (χ1) is 60.0. The summed E-state index contributed by atoms with van der Waals surface area (Å²) in [6.07, 6.45) is 59.9. The highest BCUT2D eigenvalue weighted by Gasteiger charge is 2.63. The number of benzene rings is 8. The van der Waals surface area contributed by atoms with Gasteiger partial charge in [-0.25, -0.2) is 0 Å². The summed E-state index contributed by atoms with van der Waals surface area (Å²) in [6, 6.07) is 67.0. The molecule has 0 fully saturated rings. The van der Waals surface area contributed by atoms with Crippen LogP contribution in [0.2, 0.25) is 0 Å². The standard InChI is InChI=1S/C118H178P4/c1-18-35-60-93-68-52-84-109(101(93)76-43-26-9)119(110-85-53-69-94(61-36-19-2)102(110)77-44-27-10)117(92-51-34-17)118(120(111-86-54-70-95(62-37-20-3)103(111)78-45-28-11)112-87-55-71-96(63-38-21-4)104(112)79-46-29-12,121(113-88-56-72-97(64-39-22-5)105(113)80-47-30-13)114-89-57-73-98(65-40-23-6)106(114)81-48-31-14)122(115-90-58-74-99(66-41-24-7)107(115)82-49-32-15)116-91-59-75-100(67-42-25-8)108(116)83-50-33-16/h52-59,68-75,84-91,117H,18-51,60-67,76-83,92H2,1-17H3. The lowest BCUT2D eigenvalue weighted by Crippen LogP contribution is -2.53. The van der Waals surface area contributed by atoms with Crippen molar-refractivity contribution in [1.82, 2.24) is 0 Å². The molecule has 0 saturated carbocycles. The van der Waals surface area contributed by atoms with Crippen LogP contribution in [0.25, 0.3) is 0 Å². The topological polar surface area (TPSA) is 0 Å². The molecule has 0 N–H and O–H groups in total. The highest BCUT2D eigenvalue weighted by Crippen LogP contribution is 2.84. The maximum atomic E-state index is 2.97. The van der Waals surface area contributed by atoms with Crippen LogP contribution >= 0.6 is 31.7 Å². The molecule has 0 saturated heterocycles. The van der Waals surface area contributed by atoms with Crippen molar-refractivity contribution in [3.05, 3.63) is 235 Å². The molecule has 8 rings (SSSR count). The van der Waals surface area contributed by atoms with Crippen molar-refractivity contribution in [1.29, 1.82) is 0 Å². The molecule has 0 nitrogen and oxygen atoms in total. The van der Waals surface area contributed by atoms with Gasteiger partial charge in [0.05, 0.1) is 4.64 Å². The van der Waals surface area contributed by atoms with E-state index in [-0.39, 0.29) is 5.66 Å². The van der Waals surface area contributed by atoms with Gasteiger partial charge in [0.15, 0.2) is 0 Å². The van der Waals surface area contributed by atoms with Crippen LogP contribution in [-0.4, -0.2) is 10.3 Å². The Hall–Kier alpha value is -4.52. The van der Waals surface area contributed by atoms with E-state index >= 15 is 0 Å². The van der Waals surface area contributed by atoms with Gasteiger partial charge in [0.1, 0.15) is 0 Å². The highest BCUT2D eigenvalue weighted by molar-refractivity contribution is 8.06. The van der Waals surface area contributed by atoms with Gasteiger partial charge in [-0.1, -0.05) is 379 Å². The molecule has 0 heterocycles. The maximum Gasteiger partial charge on any atom is 0.0619 e. The zero-order chi connectivity index (χ0) is 87.3. The molecule has 0 bridgehead atoms. The molecule has 0 amide bonds. The van der Waals surface area contributed by atoms with Crippen LogP contribution in [0.15, 0.2) is 146 Å². The molecule has 0 spiro atoms. The molecule has 8 aromatic carbocycles. The van der Waals surface area contributed by atoms with E-state index in [1.54, 1.807) is 131 Å². The smallest absolute Gasteiger partial charge is 0.0619 e. The summed E-state index contributed by atoms with van der Waals surface area (Å²) < 4.78 is -0.498. The Labute approximate surface area is 758 Å². The number of hydrogen-bond donors (Lipinski definition) is 0. The summed E-state index contributed by atoms with van der Waals surface area (Å²) in [7, 11) is -5.66. The second-order valence-electron chi connectivity index (χ2n) is 36.7. The van der Waals surface area contributed by atoms with Crippen molar-refractivity contribution >= 4 is 74.1 Å². The van der Waals surface area contributed by atoms with E-state index < -0.39 is 36.3 Å². The van der Waals surface area contributed by atoms with Crippen LogP contribution in [0.1, 0.15) is 431 Å². The Balaban J connectivity index is 2.10. The van der Waals surface area contributed by atoms with Crippen LogP contribution in [0.5, 0.6) is 0 Å². The van der Waals surface area contributed by atoms with E-state index in [0.717, 1.165) is 109 Å². The molecule has 122 heavy (non-hydrogen) atoms. The fourth-order valence-corrected chi connectivity index (χ4v) is 40.6. The molecular weight excluding hydrogens is 1540 g/mol. The second-order valence-corrected chi connectivity index (χ2v) is 47.1. The number of aryl methyl sites for hydroxylation is 8. The molecule has 0 aliphatic heterocycles. The Morgan fingerprint density at radius 2 is 0.311 bits per heavy atom. The molecule has 0 radical (unpaired) electrons. The Morgan fingerprint density at radius 3 is 0.467 bits per heavy atom. The van der Waals surface area contributed by atoms with Gasteiger partial charge >= 0.3 is 0 Å². The van der Waals surface area contributed by atoms with E-state index in [4.69, 9.17) is 0 Å². The predicted molar refractivity (Wildman–Crippen MR) is 560 cm³/mol. The lowest BCUT2D eigenvalue weighted by atomic mass is 9.97. The average molecular weight is 1720 g/mol. The van der Waals surface area contributed by atoms with Crippen LogP contribution in [0.4, 0.5) is 0 Å². The SMILES string of the molecule is CCCCc1cccc(P(c2cccc(CCCC)c2CCCC)C(CCCC)C(P(c2cccc(CCCC)c2CCCC)c2cccc(CCCC)c2CCCC)(P(c2cccc(CCCC)c2CCCC)c2cccc(CCCC)c2CCCC)P(c2cccc(CCCC)c2CCCC)c2cccc(CCCC)c2CCCC)c1CCCC. The van der Waals surface area contributed by atoms with Gasteiger partial charge in [-0.15, -0.1) is 0 Å². The highest BCUT2D eigenvalue weighted by atomic mass is 31.2. The van der Waals surface area contributed by atoms with Gasteiger partial charge < -0.3 is 0 Å². The first kappa shape index (κ1) is 103. The summed E-state index contributed by atoms with van der Waals surface area (Å²) >= 11 is 0. The summed E-state index contributed by atoms with van der Waals surface area (Å²) in [5.74, 6) is 0. The summed E-state index contributed by atoms with van der Waals surface area (Å²) in [4.78, 5) is 0. The fraction of sp³-hybridized carbons (Fsp3) is 0.593. The minimum atomic E-state index is -1.46. The molecule has 4 heteroatoms. The number of rotatable bonds is 64. The Kier molecular flexibility index (Phi) is 49.0. The molecule has 0 aliphatic rings. The molecule has 0 aliphatic carbocycles. The Bertz CT molecular complexity index is 3670. The van der Waals surface area contributed by atoms with Crippen LogP contribution in [0.3, 0.4) is 0 Å². The van der Waals surface area contributed by atoms with E-state index in [9.17, 15) is 0 Å². The van der Waals surface area contributed by atoms with Crippen molar-refractivity contribution in [2.75, 3.05) is 0 Å². The quantitative estimate of drug-likeness (QED) is 0.0333. The lowest BCUT2D eigenvalue weighted by Gasteiger charge is -2.60. The molecule has 1 unspecified atom stereocenters. The Morgan fingerprint density at radius 1 is 0.172 bits per heavy atom. The van der Waals surface area contributed by atoms with Crippen molar-refractivity contribution in [3.8, 4) is 0 Å². The number of hydrogen-bond acceptors (Lipinski definition) is 0. The zero-order valence-electron chi connectivity index (χ0n) is 81.8. The van der Waals surface area contributed by atoms with Crippen LogP contribution in [0, 0.1) is 0 Å². The van der Waals surface area contributed by atoms with Gasteiger partial charge in [0, 0.05) is 5.66 Å². The summed E-state index contributed by atoms with van der Waals surface area (Å²) in [5.41, 5.74) is 27.6. The van der Waals surface area contributed by atoms with Crippen molar-refractivity contribution in [2.45, 2.75) is 455 Å². The van der Waals surface area contributed by atoms with E-state index in [2.05, 4.69) is 263 Å². The van der Waals surface area contributed by atoms with Gasteiger partial charge in [-0.05, 0) is 375 Å². The zero-order valence-corrected chi connectivity index (χ0v) is 85.4. The van der Waals surface area contributed by atoms with Crippen molar-refractivity contribution in [3.63, 3.8) is 0 Å². The van der Waals surface area contributed by atoms with Crippen LogP contribution < -0.4 is 42.4 Å². The summed E-state index contributed by atoms with van der Waals surface area (Å²) in [5, 5.41) is 14.3. The summed E-state index contributed by atoms with van der Waals surface area (Å²) in [6.45, 7) is 42.7. The van der Waals surface area contributed by atoms with Gasteiger partial charge in [-0.3, -0.25) is 0 Å². The fourth-order valence-electron chi connectivity index (χ4n) is 20.2. The average Bonchev–Trinajstić information content (AvgIpc) is 0.681. The molecule has 8 aromatic rings. The van der Waals surface area contributed by atoms with Crippen LogP contribution in [-0.2, 0) is 103 Å². The third-order valence-corrected chi connectivity index (χ3v) is 42.8. The molecular formula is C118H178P4. The third-order valence-electron chi connectivity index (χ3n) is 27.2. The van der Waals surface area contributed by atoms with Crippen molar-refractivity contribution in [2.24, 2.45) is 0 Å². The molecule has 670 valence electrons. The predicted octanol–water partition coefficient (Wildman–Crippen LogP) is 33.2. The van der Waals surface area contributed by atoms with Gasteiger partial charge in [0.25, 0.3) is 0 Å². The molecule has 0 aromatic heterocycles. The monoisotopic (exact) mass is 1720 g/mol. The normalized spacial score (nSPS) is 12.3. The first-order valence-electron chi connectivity index (χ1n) is 52.0. The van der Waals surface area contributed by atoms with E-state index in [1.807, 2.05) is 0 Å². The maximum absolute atomic E-state index is 2.97. The third kappa shape index (κ3) is 27.3. The first-order valence-corrected chi connectivity index (χ1v) is 57.5. The molecule has 1 atom stereocenters. The minimum Gasteiger partial charge on any atom is -0.0654 e. The van der Waals surface area contributed by atoms with Crippen molar-refractivity contribution < 1.29 is 0 Å². The number of unbranched alkanes of at least 4 members (excludes halogenated alkanes) is 17. The largest absolute Gasteiger partial charge is 0.0654 e. The second kappa shape index (κ2) is 58.1. The van der Waals surface area contributed by atoms with Gasteiger partial charge in [0.2, 0.25) is 0 Å². The van der Waals surface area contributed by atoms with E-state index in [1.165, 1.54) is 218 Å². The van der Waals surface area contributed by atoms with Gasteiger partial charge in [-0.2, -0.15) is 0 Å².